The van der Waals surface area contributed by atoms with Gasteiger partial charge < -0.3 is 15.5 Å². The van der Waals surface area contributed by atoms with Gasteiger partial charge in [-0.1, -0.05) is 0 Å². The first kappa shape index (κ1) is 14.0. The van der Waals surface area contributed by atoms with Crippen LogP contribution in [0.3, 0.4) is 0 Å². The quantitative estimate of drug-likeness (QED) is 0.911. The molecule has 116 valence electrons. The van der Waals surface area contributed by atoms with Crippen LogP contribution in [0.1, 0.15) is 23.3 Å². The summed E-state index contributed by atoms with van der Waals surface area (Å²) in [5.74, 6) is 0.596. The van der Waals surface area contributed by atoms with Gasteiger partial charge in [0.05, 0.1) is 10.4 Å². The van der Waals surface area contributed by atoms with Crippen molar-refractivity contribution in [3.8, 4) is 0 Å². The van der Waals surface area contributed by atoms with E-state index in [-0.39, 0.29) is 11.9 Å². The van der Waals surface area contributed by atoms with Crippen molar-refractivity contribution in [2.75, 3.05) is 32.0 Å². The molecule has 3 fully saturated rings. The summed E-state index contributed by atoms with van der Waals surface area (Å²) in [6, 6.07) is 2.23. The monoisotopic (exact) mass is 316 g/mol. The first-order valence-corrected chi connectivity index (χ1v) is 8.71. The number of piperidine rings is 3. The van der Waals surface area contributed by atoms with Crippen molar-refractivity contribution >= 4 is 33.0 Å². The Hall–Kier alpha value is -1.66. The third-order valence-corrected chi connectivity index (χ3v) is 5.95. The highest BCUT2D eigenvalue weighted by atomic mass is 32.1. The number of rotatable bonds is 3. The highest BCUT2D eigenvalue weighted by Gasteiger charge is 2.35. The maximum absolute atomic E-state index is 12.7. The number of nitrogens with zero attached hydrogens (tertiary/aromatic N) is 2. The molecule has 5 rings (SSSR count). The maximum Gasteiger partial charge on any atom is 0.271 e. The van der Waals surface area contributed by atoms with Crippen LogP contribution in [0.5, 0.6) is 0 Å². The Kier molecular flexibility index (Phi) is 3.50. The number of carbonyl (C=O) groups excluding carboxylic acids is 1. The summed E-state index contributed by atoms with van der Waals surface area (Å²) in [4.78, 5) is 19.5. The summed E-state index contributed by atoms with van der Waals surface area (Å²) in [6.07, 6.45) is 4.12. The second-order valence-electron chi connectivity index (χ2n) is 6.15. The minimum atomic E-state index is -0.0335. The van der Waals surface area contributed by atoms with Crippen molar-refractivity contribution in [1.29, 1.82) is 0 Å². The number of anilines is 1. The van der Waals surface area contributed by atoms with Gasteiger partial charge in [0.25, 0.3) is 5.91 Å². The predicted octanol–water partition coefficient (Wildman–Crippen LogP) is 2.16. The Labute approximate surface area is 133 Å². The summed E-state index contributed by atoms with van der Waals surface area (Å²) < 4.78 is 0.964. The van der Waals surface area contributed by atoms with Gasteiger partial charge in [0.1, 0.15) is 5.69 Å². The second-order valence-corrected chi connectivity index (χ2v) is 7.03. The number of aromatic nitrogens is 1. The van der Waals surface area contributed by atoms with Crippen molar-refractivity contribution in [2.24, 2.45) is 5.92 Å². The molecule has 1 amide bonds. The van der Waals surface area contributed by atoms with E-state index in [4.69, 9.17) is 0 Å². The van der Waals surface area contributed by atoms with Gasteiger partial charge in [-0.25, -0.2) is 4.98 Å². The number of amides is 1. The largest absolute Gasteiger partial charge is 0.387 e. The Morgan fingerprint density at radius 2 is 2.23 bits per heavy atom. The molecule has 0 saturated carbocycles. The molecule has 3 saturated heterocycles. The van der Waals surface area contributed by atoms with Crippen LogP contribution in [0.4, 0.5) is 5.69 Å². The number of hydrogen-bond acceptors (Lipinski definition) is 5. The molecule has 0 aliphatic carbocycles. The molecule has 2 aromatic rings. The molecule has 2 bridgehead atoms. The van der Waals surface area contributed by atoms with Gasteiger partial charge in [-0.2, -0.15) is 0 Å². The lowest BCUT2D eigenvalue weighted by Crippen LogP contribution is -2.57. The van der Waals surface area contributed by atoms with Crippen molar-refractivity contribution in [1.82, 2.24) is 15.2 Å². The van der Waals surface area contributed by atoms with E-state index in [2.05, 4.69) is 20.5 Å². The van der Waals surface area contributed by atoms with E-state index in [1.807, 2.05) is 18.5 Å². The van der Waals surface area contributed by atoms with Crippen LogP contribution >= 0.6 is 11.3 Å². The Morgan fingerprint density at radius 3 is 2.91 bits per heavy atom. The van der Waals surface area contributed by atoms with Gasteiger partial charge in [-0.3, -0.25) is 4.79 Å². The van der Waals surface area contributed by atoms with E-state index < -0.39 is 0 Å². The van der Waals surface area contributed by atoms with Crippen LogP contribution in [-0.4, -0.2) is 48.5 Å². The minimum absolute atomic E-state index is 0.0335. The molecule has 5 nitrogen and oxygen atoms in total. The van der Waals surface area contributed by atoms with Crippen molar-refractivity contribution in [3.63, 3.8) is 0 Å². The molecule has 2 aromatic heterocycles. The van der Waals surface area contributed by atoms with Crippen molar-refractivity contribution < 1.29 is 4.79 Å². The topological polar surface area (TPSA) is 57.3 Å². The number of nitrogens with one attached hydrogen (secondary N) is 2. The second kappa shape index (κ2) is 5.52. The zero-order valence-electron chi connectivity index (χ0n) is 12.6. The van der Waals surface area contributed by atoms with Gasteiger partial charge in [-0.15, -0.1) is 11.3 Å². The first-order valence-electron chi connectivity index (χ1n) is 7.83. The van der Waals surface area contributed by atoms with Gasteiger partial charge in [-0.05, 0) is 37.9 Å². The van der Waals surface area contributed by atoms with E-state index >= 15 is 0 Å². The molecular weight excluding hydrogens is 296 g/mol. The Morgan fingerprint density at radius 1 is 1.41 bits per heavy atom. The molecule has 3 aliphatic heterocycles. The lowest BCUT2D eigenvalue weighted by Gasteiger charge is -2.44. The molecule has 6 heteroatoms. The molecule has 0 spiro atoms. The molecule has 5 heterocycles. The first-order chi connectivity index (χ1) is 10.8. The fourth-order valence-corrected chi connectivity index (χ4v) is 4.72. The lowest BCUT2D eigenvalue weighted by molar-refractivity contribution is 0.0619. The van der Waals surface area contributed by atoms with Crippen molar-refractivity contribution in [3.05, 3.63) is 23.3 Å². The summed E-state index contributed by atoms with van der Waals surface area (Å²) in [6.45, 7) is 3.35. The van der Waals surface area contributed by atoms with Crippen LogP contribution in [0.2, 0.25) is 0 Å². The Balaban J connectivity index is 1.59. The molecule has 1 atom stereocenters. The zero-order chi connectivity index (χ0) is 15.1. The van der Waals surface area contributed by atoms with Crippen molar-refractivity contribution in [2.45, 2.75) is 18.9 Å². The molecule has 0 aromatic carbocycles. The highest BCUT2D eigenvalue weighted by Crippen LogP contribution is 2.32. The van der Waals surface area contributed by atoms with Gasteiger partial charge in [0, 0.05) is 36.6 Å². The fourth-order valence-electron chi connectivity index (χ4n) is 3.68. The van der Waals surface area contributed by atoms with Gasteiger partial charge in [0.15, 0.2) is 0 Å². The zero-order valence-corrected chi connectivity index (χ0v) is 13.4. The van der Waals surface area contributed by atoms with Crippen LogP contribution in [-0.2, 0) is 0 Å². The van der Waals surface area contributed by atoms with E-state index in [0.29, 0.717) is 11.6 Å². The predicted molar refractivity (Wildman–Crippen MR) is 89.6 cm³/mol. The molecule has 0 radical (unpaired) electrons. The fraction of sp³-hybridized carbons (Fsp3) is 0.500. The smallest absolute Gasteiger partial charge is 0.271 e. The van der Waals surface area contributed by atoms with Crippen LogP contribution < -0.4 is 10.6 Å². The van der Waals surface area contributed by atoms with E-state index in [1.54, 1.807) is 17.5 Å². The average molecular weight is 316 g/mol. The standard InChI is InChI=1S/C16H20N4OS/c1-17-13-9-22-15-11(13)2-5-18-14(15)16(21)19-12-8-20-6-3-10(12)4-7-20/h2,5,9-10,12,17H,3-4,6-8H2,1H3,(H,19,21)/t12-/m0/s1. The molecule has 2 N–H and O–H groups in total. The SMILES string of the molecule is CNc1csc2c(C(=O)N[C@H]3CN4CCC3CC4)nccc12. The average Bonchev–Trinajstić information content (AvgIpc) is 2.99. The molecule has 22 heavy (non-hydrogen) atoms. The summed E-state index contributed by atoms with van der Waals surface area (Å²) in [5, 5.41) is 9.50. The normalized spacial score (nSPS) is 27.0. The van der Waals surface area contributed by atoms with Gasteiger partial charge in [0.2, 0.25) is 0 Å². The summed E-state index contributed by atoms with van der Waals surface area (Å²) in [5.41, 5.74) is 1.61. The number of fused-ring (bicyclic) bond motifs is 4. The van der Waals surface area contributed by atoms with E-state index in [9.17, 15) is 4.79 Å². The summed E-state index contributed by atoms with van der Waals surface area (Å²) in [7, 11) is 1.90. The third kappa shape index (κ3) is 2.27. The number of carbonyl (C=O) groups is 1. The number of pyridine rings is 1. The van der Waals surface area contributed by atoms with E-state index in [1.165, 1.54) is 25.9 Å². The molecule has 3 aliphatic rings. The minimum Gasteiger partial charge on any atom is -0.387 e. The van der Waals surface area contributed by atoms with Crippen LogP contribution in [0.15, 0.2) is 17.6 Å². The van der Waals surface area contributed by atoms with Crippen LogP contribution in [0, 0.1) is 5.92 Å². The molecule has 0 unspecified atom stereocenters. The maximum atomic E-state index is 12.7. The van der Waals surface area contributed by atoms with E-state index in [0.717, 1.165) is 22.3 Å². The lowest BCUT2D eigenvalue weighted by atomic mass is 9.84. The number of hydrogen-bond donors (Lipinski definition) is 2. The van der Waals surface area contributed by atoms with Crippen LogP contribution in [0.25, 0.3) is 10.1 Å². The third-order valence-electron chi connectivity index (χ3n) is 4.95. The molecular formula is C16H20N4OS. The van der Waals surface area contributed by atoms with Gasteiger partial charge >= 0.3 is 0 Å². The Bertz CT molecular complexity index is 705. The highest BCUT2D eigenvalue weighted by molar-refractivity contribution is 7.18. The summed E-state index contributed by atoms with van der Waals surface area (Å²) >= 11 is 1.57. The number of thiophene rings is 1.